The molecule has 132 valence electrons. The van der Waals surface area contributed by atoms with Crippen molar-refractivity contribution in [1.29, 1.82) is 0 Å². The molecule has 0 aliphatic rings. The molecule has 0 spiro atoms. The standard InChI is InChI=1S/C19H20F2N2O2/c1-13(14-5-3-2-4-6-14)12-23-18(24)9-10-22-19(25)16-8-7-15(20)11-17(16)21/h2-8,11,13H,9-10,12H2,1H3,(H,22,25)(H,23,24). The van der Waals surface area contributed by atoms with Gasteiger partial charge in [0.25, 0.3) is 5.91 Å². The molecule has 6 heteroatoms. The van der Waals surface area contributed by atoms with Gasteiger partial charge in [0.05, 0.1) is 5.56 Å². The first-order valence-corrected chi connectivity index (χ1v) is 8.02. The van der Waals surface area contributed by atoms with E-state index in [1.165, 1.54) is 0 Å². The minimum Gasteiger partial charge on any atom is -0.355 e. The van der Waals surface area contributed by atoms with Crippen molar-refractivity contribution in [3.8, 4) is 0 Å². The molecule has 0 fully saturated rings. The number of carbonyl (C=O) groups is 2. The molecule has 2 aromatic rings. The topological polar surface area (TPSA) is 58.2 Å². The summed E-state index contributed by atoms with van der Waals surface area (Å²) in [5, 5.41) is 5.25. The van der Waals surface area contributed by atoms with E-state index in [1.807, 2.05) is 37.3 Å². The highest BCUT2D eigenvalue weighted by Crippen LogP contribution is 2.13. The molecule has 0 radical (unpaired) electrons. The summed E-state index contributed by atoms with van der Waals surface area (Å²) < 4.78 is 26.3. The van der Waals surface area contributed by atoms with Crippen LogP contribution in [0.3, 0.4) is 0 Å². The molecule has 0 aliphatic heterocycles. The molecule has 0 bridgehead atoms. The molecule has 1 unspecified atom stereocenters. The van der Waals surface area contributed by atoms with Crippen LogP contribution < -0.4 is 10.6 Å². The molecule has 0 saturated carbocycles. The van der Waals surface area contributed by atoms with Gasteiger partial charge in [0, 0.05) is 25.6 Å². The van der Waals surface area contributed by atoms with Gasteiger partial charge < -0.3 is 10.6 Å². The van der Waals surface area contributed by atoms with Crippen LogP contribution in [0.5, 0.6) is 0 Å². The normalized spacial score (nSPS) is 11.6. The third-order valence-corrected chi connectivity index (χ3v) is 3.79. The van der Waals surface area contributed by atoms with Crippen LogP contribution in [0.1, 0.15) is 35.2 Å². The third-order valence-electron chi connectivity index (χ3n) is 3.79. The Morgan fingerprint density at radius 3 is 2.44 bits per heavy atom. The highest BCUT2D eigenvalue weighted by atomic mass is 19.1. The van der Waals surface area contributed by atoms with Crippen molar-refractivity contribution in [3.05, 3.63) is 71.3 Å². The van der Waals surface area contributed by atoms with Crippen LogP contribution in [-0.2, 0) is 4.79 Å². The lowest BCUT2D eigenvalue weighted by molar-refractivity contribution is -0.121. The zero-order valence-electron chi connectivity index (χ0n) is 13.9. The number of benzene rings is 2. The Kier molecular flexibility index (Phi) is 6.62. The van der Waals surface area contributed by atoms with Crippen LogP contribution in [0.25, 0.3) is 0 Å². The lowest BCUT2D eigenvalue weighted by atomic mass is 10.0. The second-order valence-electron chi connectivity index (χ2n) is 5.75. The first kappa shape index (κ1) is 18.6. The van der Waals surface area contributed by atoms with Crippen molar-refractivity contribution in [2.75, 3.05) is 13.1 Å². The SMILES string of the molecule is CC(CNC(=O)CCNC(=O)c1ccc(F)cc1F)c1ccccc1. The Bertz CT molecular complexity index is 735. The van der Waals surface area contributed by atoms with Crippen LogP contribution >= 0.6 is 0 Å². The Morgan fingerprint density at radius 2 is 1.76 bits per heavy atom. The van der Waals surface area contributed by atoms with Gasteiger partial charge in [-0.05, 0) is 23.6 Å². The number of hydrogen-bond acceptors (Lipinski definition) is 2. The Labute approximate surface area is 145 Å². The maximum atomic E-state index is 13.5. The van der Waals surface area contributed by atoms with Gasteiger partial charge in [-0.1, -0.05) is 37.3 Å². The molecule has 2 rings (SSSR count). The van der Waals surface area contributed by atoms with Gasteiger partial charge in [0.2, 0.25) is 5.91 Å². The zero-order chi connectivity index (χ0) is 18.2. The third kappa shape index (κ3) is 5.67. The Balaban J connectivity index is 1.72. The minimum absolute atomic E-state index is 0.0706. The van der Waals surface area contributed by atoms with E-state index in [0.29, 0.717) is 12.6 Å². The average Bonchev–Trinajstić information content (AvgIpc) is 2.60. The van der Waals surface area contributed by atoms with E-state index in [2.05, 4.69) is 10.6 Å². The predicted molar refractivity (Wildman–Crippen MR) is 91.2 cm³/mol. The average molecular weight is 346 g/mol. The van der Waals surface area contributed by atoms with Gasteiger partial charge in [-0.3, -0.25) is 9.59 Å². The molecule has 25 heavy (non-hydrogen) atoms. The van der Waals surface area contributed by atoms with Crippen LogP contribution in [0, 0.1) is 11.6 Å². The molecule has 0 saturated heterocycles. The van der Waals surface area contributed by atoms with Crippen LogP contribution in [-0.4, -0.2) is 24.9 Å². The highest BCUT2D eigenvalue weighted by molar-refractivity contribution is 5.94. The van der Waals surface area contributed by atoms with E-state index < -0.39 is 17.5 Å². The van der Waals surface area contributed by atoms with Crippen LogP contribution in [0.4, 0.5) is 8.78 Å². The zero-order valence-corrected chi connectivity index (χ0v) is 13.9. The van der Waals surface area contributed by atoms with Gasteiger partial charge in [0.1, 0.15) is 11.6 Å². The second kappa shape index (κ2) is 8.92. The maximum Gasteiger partial charge on any atom is 0.254 e. The van der Waals surface area contributed by atoms with Gasteiger partial charge in [-0.25, -0.2) is 8.78 Å². The number of amides is 2. The van der Waals surface area contributed by atoms with Crippen molar-refractivity contribution < 1.29 is 18.4 Å². The number of hydrogen-bond donors (Lipinski definition) is 2. The molecular weight excluding hydrogens is 326 g/mol. The lowest BCUT2D eigenvalue weighted by Crippen LogP contribution is -2.32. The molecular formula is C19H20F2N2O2. The minimum atomic E-state index is -0.932. The lowest BCUT2D eigenvalue weighted by Gasteiger charge is -2.13. The van der Waals surface area contributed by atoms with E-state index in [0.717, 1.165) is 17.7 Å². The van der Waals surface area contributed by atoms with E-state index in [-0.39, 0.29) is 30.4 Å². The Morgan fingerprint density at radius 1 is 1.04 bits per heavy atom. The number of halogens is 2. The van der Waals surface area contributed by atoms with Crippen molar-refractivity contribution in [3.63, 3.8) is 0 Å². The van der Waals surface area contributed by atoms with Crippen LogP contribution in [0.15, 0.2) is 48.5 Å². The molecule has 0 aromatic heterocycles. The van der Waals surface area contributed by atoms with E-state index in [1.54, 1.807) is 0 Å². The largest absolute Gasteiger partial charge is 0.355 e. The number of rotatable bonds is 7. The van der Waals surface area contributed by atoms with Crippen molar-refractivity contribution in [1.82, 2.24) is 10.6 Å². The fraction of sp³-hybridized carbons (Fsp3) is 0.263. The summed E-state index contributed by atoms with van der Waals surface area (Å²) >= 11 is 0. The first-order chi connectivity index (χ1) is 12.0. The van der Waals surface area contributed by atoms with Crippen LogP contribution in [0.2, 0.25) is 0 Å². The van der Waals surface area contributed by atoms with Crippen molar-refractivity contribution in [2.45, 2.75) is 19.3 Å². The molecule has 2 N–H and O–H groups in total. The van der Waals surface area contributed by atoms with Gasteiger partial charge >= 0.3 is 0 Å². The number of carbonyl (C=O) groups excluding carboxylic acids is 2. The first-order valence-electron chi connectivity index (χ1n) is 8.02. The van der Waals surface area contributed by atoms with Gasteiger partial charge in [0.15, 0.2) is 0 Å². The smallest absolute Gasteiger partial charge is 0.254 e. The van der Waals surface area contributed by atoms with Gasteiger partial charge in [-0.2, -0.15) is 0 Å². The monoisotopic (exact) mass is 346 g/mol. The predicted octanol–water partition coefficient (Wildman–Crippen LogP) is 3.00. The number of nitrogens with one attached hydrogen (secondary N) is 2. The summed E-state index contributed by atoms with van der Waals surface area (Å²) in [5.74, 6) is -2.39. The molecule has 0 heterocycles. The van der Waals surface area contributed by atoms with E-state index in [4.69, 9.17) is 0 Å². The highest BCUT2D eigenvalue weighted by Gasteiger charge is 2.13. The summed E-state index contributed by atoms with van der Waals surface area (Å²) in [4.78, 5) is 23.6. The van der Waals surface area contributed by atoms with Crippen molar-refractivity contribution >= 4 is 11.8 Å². The summed E-state index contributed by atoms with van der Waals surface area (Å²) in [6.07, 6.45) is 0.0794. The summed E-state index contributed by atoms with van der Waals surface area (Å²) in [5.41, 5.74) is 0.877. The van der Waals surface area contributed by atoms with Gasteiger partial charge in [-0.15, -0.1) is 0 Å². The fourth-order valence-corrected chi connectivity index (χ4v) is 2.31. The molecule has 2 amide bonds. The fourth-order valence-electron chi connectivity index (χ4n) is 2.31. The molecule has 1 atom stereocenters. The van der Waals surface area contributed by atoms with E-state index >= 15 is 0 Å². The second-order valence-corrected chi connectivity index (χ2v) is 5.75. The maximum absolute atomic E-state index is 13.5. The van der Waals surface area contributed by atoms with Crippen molar-refractivity contribution in [2.24, 2.45) is 0 Å². The molecule has 0 aliphatic carbocycles. The summed E-state index contributed by atoms with van der Waals surface area (Å²) in [6.45, 7) is 2.57. The summed E-state index contributed by atoms with van der Waals surface area (Å²) in [7, 11) is 0. The summed E-state index contributed by atoms with van der Waals surface area (Å²) in [6, 6.07) is 12.5. The molecule has 2 aromatic carbocycles. The quantitative estimate of drug-likeness (QED) is 0.810. The Hall–Kier alpha value is -2.76. The molecule has 4 nitrogen and oxygen atoms in total. The van der Waals surface area contributed by atoms with E-state index in [9.17, 15) is 18.4 Å².